The highest BCUT2D eigenvalue weighted by Gasteiger charge is 2.24. The van der Waals surface area contributed by atoms with Crippen LogP contribution in [0.25, 0.3) is 0 Å². The van der Waals surface area contributed by atoms with Crippen LogP contribution in [0.1, 0.15) is 37.0 Å². The topological polar surface area (TPSA) is 64.8 Å². The zero-order chi connectivity index (χ0) is 15.2. The van der Waals surface area contributed by atoms with Crippen molar-refractivity contribution in [3.05, 3.63) is 17.8 Å². The molecule has 1 aliphatic rings. The molecule has 0 N–H and O–H groups in total. The summed E-state index contributed by atoms with van der Waals surface area (Å²) in [4.78, 5) is 18.2. The van der Waals surface area contributed by atoms with Crippen LogP contribution in [-0.4, -0.2) is 54.8 Å². The van der Waals surface area contributed by atoms with Gasteiger partial charge in [0.15, 0.2) is 12.1 Å². The van der Waals surface area contributed by atoms with Crippen molar-refractivity contribution in [2.75, 3.05) is 32.8 Å². The van der Waals surface area contributed by atoms with Gasteiger partial charge in [-0.2, -0.15) is 0 Å². The van der Waals surface area contributed by atoms with Gasteiger partial charge >= 0.3 is 5.97 Å². The zero-order valence-corrected chi connectivity index (χ0v) is 13.0. The fourth-order valence-corrected chi connectivity index (χ4v) is 2.49. The number of ether oxygens (including phenoxy) is 2. The third kappa shape index (κ3) is 4.54. The van der Waals surface area contributed by atoms with E-state index in [-0.39, 0.29) is 18.4 Å². The molecule has 6 nitrogen and oxygen atoms in total. The molecule has 1 aromatic rings. The van der Waals surface area contributed by atoms with Crippen LogP contribution < -0.4 is 0 Å². The minimum atomic E-state index is -0.440. The highest BCUT2D eigenvalue weighted by Crippen LogP contribution is 2.12. The summed E-state index contributed by atoms with van der Waals surface area (Å²) in [6, 6.07) is 0. The fraction of sp³-hybridized carbons (Fsp3) is 0.733. The third-order valence-corrected chi connectivity index (χ3v) is 3.40. The lowest BCUT2D eigenvalue weighted by molar-refractivity contribution is -0.0614. The number of nitrogens with zero attached hydrogens (tertiary/aromatic N) is 2. The van der Waals surface area contributed by atoms with Gasteiger partial charge in [-0.05, 0) is 5.92 Å². The maximum absolute atomic E-state index is 12.0. The van der Waals surface area contributed by atoms with Crippen LogP contribution >= 0.6 is 0 Å². The van der Waals surface area contributed by atoms with E-state index in [1.54, 1.807) is 0 Å². The fourth-order valence-electron chi connectivity index (χ4n) is 2.49. The van der Waals surface area contributed by atoms with Gasteiger partial charge in [0.05, 0.1) is 6.61 Å². The number of esters is 1. The largest absolute Gasteiger partial charge is 0.458 e. The summed E-state index contributed by atoms with van der Waals surface area (Å²) < 4.78 is 16.1. The third-order valence-electron chi connectivity index (χ3n) is 3.40. The molecule has 0 radical (unpaired) electrons. The van der Waals surface area contributed by atoms with Gasteiger partial charge in [0.25, 0.3) is 0 Å². The smallest absolute Gasteiger partial charge is 0.360 e. The standard InChI is InChI=1S/C15H24N2O4/c1-4-13-14(16-10-21-13)15(18)20-9-12-8-17(5-6-19-12)7-11(2)3/h10-12H,4-9H2,1-3H3/t12-/m0/s1. The second kappa shape index (κ2) is 7.56. The molecule has 0 unspecified atom stereocenters. The van der Waals surface area contributed by atoms with Gasteiger partial charge in [0.2, 0.25) is 0 Å². The van der Waals surface area contributed by atoms with E-state index >= 15 is 0 Å². The number of carbonyl (C=O) groups is 1. The van der Waals surface area contributed by atoms with Gasteiger partial charge in [-0.25, -0.2) is 9.78 Å². The van der Waals surface area contributed by atoms with Crippen molar-refractivity contribution in [1.29, 1.82) is 0 Å². The average Bonchev–Trinajstić information content (AvgIpc) is 2.93. The molecule has 1 aliphatic heterocycles. The Bertz CT molecular complexity index is 458. The van der Waals surface area contributed by atoms with E-state index in [2.05, 4.69) is 23.7 Å². The molecule has 0 saturated carbocycles. The van der Waals surface area contributed by atoms with Crippen molar-refractivity contribution in [1.82, 2.24) is 9.88 Å². The number of carbonyl (C=O) groups excluding carboxylic acids is 1. The molecule has 0 spiro atoms. The summed E-state index contributed by atoms with van der Waals surface area (Å²) in [5.41, 5.74) is 0.271. The molecule has 0 amide bonds. The molecule has 1 fully saturated rings. The van der Waals surface area contributed by atoms with E-state index in [0.717, 1.165) is 19.6 Å². The molecule has 0 aromatic carbocycles. The van der Waals surface area contributed by atoms with Gasteiger partial charge in [-0.15, -0.1) is 0 Å². The van der Waals surface area contributed by atoms with Crippen LogP contribution in [0.5, 0.6) is 0 Å². The van der Waals surface area contributed by atoms with E-state index in [9.17, 15) is 4.79 Å². The first kappa shape index (κ1) is 16.0. The predicted molar refractivity (Wildman–Crippen MR) is 77.2 cm³/mol. The van der Waals surface area contributed by atoms with E-state index in [1.807, 2.05) is 6.92 Å². The normalized spacial score (nSPS) is 19.9. The first-order valence-electron chi connectivity index (χ1n) is 7.53. The van der Waals surface area contributed by atoms with E-state index in [0.29, 0.717) is 24.7 Å². The SMILES string of the molecule is CCc1ocnc1C(=O)OC[C@@H]1CN(CC(C)C)CCO1. The lowest BCUT2D eigenvalue weighted by Crippen LogP contribution is -2.45. The Kier molecular flexibility index (Phi) is 5.76. The van der Waals surface area contributed by atoms with Crippen molar-refractivity contribution in [2.24, 2.45) is 5.92 Å². The lowest BCUT2D eigenvalue weighted by Gasteiger charge is -2.33. The Labute approximate surface area is 125 Å². The number of hydrogen-bond donors (Lipinski definition) is 0. The maximum atomic E-state index is 12.0. The highest BCUT2D eigenvalue weighted by molar-refractivity contribution is 5.88. The molecule has 1 aromatic heterocycles. The second-order valence-corrected chi connectivity index (χ2v) is 5.72. The number of aromatic nitrogens is 1. The van der Waals surface area contributed by atoms with Crippen LogP contribution in [-0.2, 0) is 15.9 Å². The summed E-state index contributed by atoms with van der Waals surface area (Å²) in [5.74, 6) is 0.740. The van der Waals surface area contributed by atoms with Crippen molar-refractivity contribution < 1.29 is 18.7 Å². The van der Waals surface area contributed by atoms with E-state index in [4.69, 9.17) is 13.9 Å². The molecule has 118 valence electrons. The highest BCUT2D eigenvalue weighted by atomic mass is 16.6. The van der Waals surface area contributed by atoms with E-state index < -0.39 is 5.97 Å². The molecule has 0 bridgehead atoms. The second-order valence-electron chi connectivity index (χ2n) is 5.72. The molecular weight excluding hydrogens is 272 g/mol. The van der Waals surface area contributed by atoms with Crippen LogP contribution in [0.15, 0.2) is 10.8 Å². The molecule has 2 rings (SSSR count). The Balaban J connectivity index is 1.81. The first-order chi connectivity index (χ1) is 10.1. The van der Waals surface area contributed by atoms with E-state index in [1.165, 1.54) is 6.39 Å². The number of aryl methyl sites for hydroxylation is 1. The van der Waals surface area contributed by atoms with Crippen LogP contribution in [0, 0.1) is 5.92 Å². The van der Waals surface area contributed by atoms with Crippen LogP contribution in [0.2, 0.25) is 0 Å². The quantitative estimate of drug-likeness (QED) is 0.745. The van der Waals surface area contributed by atoms with Gasteiger partial charge < -0.3 is 13.9 Å². The minimum absolute atomic E-state index is 0.0709. The summed E-state index contributed by atoms with van der Waals surface area (Å²) in [7, 11) is 0. The Morgan fingerprint density at radius 3 is 3.10 bits per heavy atom. The number of rotatable bonds is 6. The van der Waals surface area contributed by atoms with Gasteiger partial charge in [-0.1, -0.05) is 20.8 Å². The molecule has 1 atom stereocenters. The summed E-state index contributed by atoms with van der Waals surface area (Å²) in [6.45, 7) is 10.0. The maximum Gasteiger partial charge on any atom is 0.360 e. The van der Waals surface area contributed by atoms with Crippen LogP contribution in [0.4, 0.5) is 0 Å². The minimum Gasteiger partial charge on any atom is -0.458 e. The number of hydrogen-bond acceptors (Lipinski definition) is 6. The molecular formula is C15H24N2O4. The monoisotopic (exact) mass is 296 g/mol. The Morgan fingerprint density at radius 2 is 2.38 bits per heavy atom. The van der Waals surface area contributed by atoms with Gasteiger partial charge in [0.1, 0.15) is 18.5 Å². The molecule has 0 aliphatic carbocycles. The van der Waals surface area contributed by atoms with Crippen molar-refractivity contribution >= 4 is 5.97 Å². The van der Waals surface area contributed by atoms with Crippen molar-refractivity contribution in [3.63, 3.8) is 0 Å². The lowest BCUT2D eigenvalue weighted by atomic mass is 10.2. The average molecular weight is 296 g/mol. The Morgan fingerprint density at radius 1 is 1.57 bits per heavy atom. The van der Waals surface area contributed by atoms with Crippen molar-refractivity contribution in [2.45, 2.75) is 33.3 Å². The number of morpholine rings is 1. The number of oxazole rings is 1. The van der Waals surface area contributed by atoms with Crippen LogP contribution in [0.3, 0.4) is 0 Å². The summed E-state index contributed by atoms with van der Waals surface area (Å²) in [5, 5.41) is 0. The van der Waals surface area contributed by atoms with Crippen molar-refractivity contribution in [3.8, 4) is 0 Å². The zero-order valence-electron chi connectivity index (χ0n) is 13.0. The molecule has 6 heteroatoms. The predicted octanol–water partition coefficient (Wildman–Crippen LogP) is 1.75. The first-order valence-corrected chi connectivity index (χ1v) is 7.53. The van der Waals surface area contributed by atoms with Gasteiger partial charge in [0, 0.05) is 26.1 Å². The Hall–Kier alpha value is -1.40. The summed E-state index contributed by atoms with van der Waals surface area (Å²) in [6.07, 6.45) is 1.82. The summed E-state index contributed by atoms with van der Waals surface area (Å²) >= 11 is 0. The molecule has 21 heavy (non-hydrogen) atoms. The molecule has 2 heterocycles. The van der Waals surface area contributed by atoms with Gasteiger partial charge in [-0.3, -0.25) is 4.90 Å². The molecule has 1 saturated heterocycles.